The van der Waals surface area contributed by atoms with E-state index in [0.29, 0.717) is 6.47 Å². The number of hydrogen-bond acceptors (Lipinski definition) is 3. The zero-order chi connectivity index (χ0) is 9.19. The van der Waals surface area contributed by atoms with Crippen molar-refractivity contribution in [1.82, 2.24) is 0 Å². The van der Waals surface area contributed by atoms with Crippen LogP contribution < -0.4 is 0 Å². The topological polar surface area (TPSA) is 26.3 Å². The first-order valence-electron chi connectivity index (χ1n) is 3.74. The second-order valence-corrected chi connectivity index (χ2v) is 4.57. The number of ether oxygens (including phenoxy) is 1. The fraction of sp³-hybridized carbons (Fsp3) is 0.444. The highest BCUT2D eigenvalue weighted by molar-refractivity contribution is 7.14. The smallest absolute Gasteiger partial charge is 0.293 e. The van der Waals surface area contributed by atoms with Gasteiger partial charge in [-0.1, -0.05) is 0 Å². The number of carbonyl (C=O) groups excluding carboxylic acids is 1. The molecule has 0 aromatic rings. The number of carbonyl (C=O) groups is 1. The van der Waals surface area contributed by atoms with Crippen molar-refractivity contribution in [1.29, 1.82) is 0 Å². The van der Waals surface area contributed by atoms with E-state index in [1.807, 2.05) is 32.1 Å². The van der Waals surface area contributed by atoms with Gasteiger partial charge in [-0.2, -0.15) is 0 Å². The van der Waals surface area contributed by atoms with Gasteiger partial charge in [-0.25, -0.2) is 0 Å². The van der Waals surface area contributed by atoms with Gasteiger partial charge in [-0.15, -0.1) is 11.3 Å². The summed E-state index contributed by atoms with van der Waals surface area (Å²) in [6, 6.07) is 4.28. The van der Waals surface area contributed by atoms with E-state index in [1.165, 1.54) is 9.06 Å². The molecule has 0 bridgehead atoms. The second kappa shape index (κ2) is 3.27. The maximum atomic E-state index is 9.60. The summed E-state index contributed by atoms with van der Waals surface area (Å²) in [7, 11) is 0. The first kappa shape index (κ1) is 9.26. The van der Waals surface area contributed by atoms with E-state index in [9.17, 15) is 4.79 Å². The van der Waals surface area contributed by atoms with Gasteiger partial charge in [-0.05, 0) is 32.9 Å². The highest BCUT2D eigenvalue weighted by Gasteiger charge is 2.07. The Morgan fingerprint density at radius 2 is 1.83 bits per heavy atom. The Balaban J connectivity index is 0.000000123. The third kappa shape index (κ3) is 3.05. The average Bonchev–Trinajstić information content (AvgIpc) is 2.37. The van der Waals surface area contributed by atoms with E-state index in [1.54, 1.807) is 0 Å². The minimum Gasteiger partial charge on any atom is -0.462 e. The summed E-state index contributed by atoms with van der Waals surface area (Å²) in [5.74, 6) is 0. The van der Waals surface area contributed by atoms with Crippen molar-refractivity contribution >= 4 is 17.8 Å². The Bertz CT molecular complexity index is 323. The molecular weight excluding hydrogens is 172 g/mol. The molecule has 0 radical (unpaired) electrons. The van der Waals surface area contributed by atoms with Crippen molar-refractivity contribution in [3.63, 3.8) is 0 Å². The summed E-state index contributed by atoms with van der Waals surface area (Å²) >= 11 is 1.88. The van der Waals surface area contributed by atoms with E-state index < -0.39 is 0 Å². The van der Waals surface area contributed by atoms with Crippen molar-refractivity contribution < 1.29 is 9.53 Å². The van der Waals surface area contributed by atoms with Crippen LogP contribution in [0.5, 0.6) is 0 Å². The van der Waals surface area contributed by atoms with E-state index in [0.717, 1.165) is 0 Å². The summed E-state index contributed by atoms with van der Waals surface area (Å²) in [4.78, 5) is 9.60. The molecule has 2 nitrogen and oxygen atoms in total. The zero-order valence-corrected chi connectivity index (χ0v) is 8.27. The molecule has 0 saturated heterocycles. The fourth-order valence-corrected chi connectivity index (χ4v) is 1.12. The van der Waals surface area contributed by atoms with E-state index in [4.69, 9.17) is 0 Å². The van der Waals surface area contributed by atoms with Crippen LogP contribution in [0.15, 0.2) is 12.1 Å². The van der Waals surface area contributed by atoms with Crippen LogP contribution in [0.25, 0.3) is 0 Å². The van der Waals surface area contributed by atoms with Crippen LogP contribution in [-0.4, -0.2) is 12.1 Å². The lowest BCUT2D eigenvalue weighted by Gasteiger charge is -2.14. The zero-order valence-electron chi connectivity index (χ0n) is 7.46. The molecule has 1 aliphatic carbocycles. The summed E-state index contributed by atoms with van der Waals surface area (Å²) < 4.78 is 7.56. The molecule has 0 aromatic carbocycles. The van der Waals surface area contributed by atoms with Crippen LogP contribution in [-0.2, 0) is 9.53 Å². The molecule has 0 N–H and O–H groups in total. The lowest BCUT2D eigenvalue weighted by Crippen LogP contribution is -2.17. The molecule has 0 saturated carbocycles. The minimum absolute atomic E-state index is 0.318. The Hall–Kier alpha value is -0.830. The van der Waals surface area contributed by atoms with Gasteiger partial charge in [0.2, 0.25) is 0 Å². The van der Waals surface area contributed by atoms with Gasteiger partial charge < -0.3 is 4.74 Å². The van der Waals surface area contributed by atoms with Gasteiger partial charge in [0, 0.05) is 9.06 Å². The van der Waals surface area contributed by atoms with E-state index in [2.05, 4.69) is 16.9 Å². The first-order valence-corrected chi connectivity index (χ1v) is 4.56. The second-order valence-electron chi connectivity index (χ2n) is 3.49. The van der Waals surface area contributed by atoms with Crippen molar-refractivity contribution in [2.24, 2.45) is 0 Å². The van der Waals surface area contributed by atoms with Crippen LogP contribution in [0.1, 0.15) is 20.8 Å². The standard InChI is InChI=1S/C5H10O2.C4H2S/c1-5(2,3)7-4-6;1-2-4-3(1)5-4/h4H,1-3H3;1-2H. The largest absolute Gasteiger partial charge is 0.462 e. The molecule has 0 aromatic heterocycles. The maximum Gasteiger partial charge on any atom is 0.293 e. The Kier molecular flexibility index (Phi) is 2.52. The normalized spacial score (nSPS) is 11.2. The first-order chi connectivity index (χ1) is 5.53. The lowest BCUT2D eigenvalue weighted by atomic mass is 10.2. The molecular formula is C9H12O2S. The van der Waals surface area contributed by atoms with E-state index in [-0.39, 0.29) is 5.60 Å². The van der Waals surface area contributed by atoms with Gasteiger partial charge in [0.05, 0.1) is 0 Å². The number of rotatable bonds is 1. The molecule has 3 heteroatoms. The predicted octanol–water partition coefficient (Wildman–Crippen LogP) is 2.31. The summed E-state index contributed by atoms with van der Waals surface area (Å²) in [5.41, 5.74) is -0.318. The van der Waals surface area contributed by atoms with Gasteiger partial charge >= 0.3 is 0 Å². The van der Waals surface area contributed by atoms with Gasteiger partial charge in [0.25, 0.3) is 6.47 Å². The van der Waals surface area contributed by atoms with Crippen LogP contribution >= 0.6 is 11.3 Å². The van der Waals surface area contributed by atoms with Crippen LogP contribution in [0, 0.1) is 9.06 Å². The molecule has 66 valence electrons. The number of hydrogen-bond donors (Lipinski definition) is 0. The molecule has 0 unspecified atom stereocenters. The van der Waals surface area contributed by atoms with Crippen molar-refractivity contribution in [3.05, 3.63) is 21.2 Å². The predicted molar refractivity (Wildman–Crippen MR) is 48.9 cm³/mol. The summed E-state index contributed by atoms with van der Waals surface area (Å²) in [6.45, 7) is 5.92. The lowest BCUT2D eigenvalue weighted by molar-refractivity contribution is -0.138. The fourth-order valence-electron chi connectivity index (χ4n) is 0.525. The van der Waals surface area contributed by atoms with Crippen molar-refractivity contribution in [2.75, 3.05) is 0 Å². The number of thiophene rings is 1. The molecule has 2 rings (SSSR count). The average molecular weight is 184 g/mol. The van der Waals surface area contributed by atoms with Crippen molar-refractivity contribution in [3.8, 4) is 0 Å². The molecule has 0 atom stereocenters. The highest BCUT2D eigenvalue weighted by atomic mass is 32.1. The Morgan fingerprint density at radius 3 is 1.83 bits per heavy atom. The van der Waals surface area contributed by atoms with Crippen LogP contribution in [0.2, 0.25) is 0 Å². The maximum absolute atomic E-state index is 9.60. The molecule has 1 aliphatic heterocycles. The quantitative estimate of drug-likeness (QED) is 0.636. The molecule has 12 heavy (non-hydrogen) atoms. The third-order valence-corrected chi connectivity index (χ3v) is 2.16. The molecule has 0 spiro atoms. The molecule has 1 heterocycles. The molecule has 0 fully saturated rings. The Morgan fingerprint density at radius 1 is 1.33 bits per heavy atom. The van der Waals surface area contributed by atoms with Gasteiger partial charge in [0.1, 0.15) is 5.60 Å². The molecule has 2 aliphatic rings. The monoisotopic (exact) mass is 184 g/mol. The van der Waals surface area contributed by atoms with Gasteiger partial charge in [0.15, 0.2) is 0 Å². The highest BCUT2D eigenvalue weighted by Crippen LogP contribution is 2.19. The van der Waals surface area contributed by atoms with E-state index >= 15 is 0 Å². The van der Waals surface area contributed by atoms with Gasteiger partial charge in [-0.3, -0.25) is 4.79 Å². The third-order valence-electron chi connectivity index (χ3n) is 1.21. The van der Waals surface area contributed by atoms with Crippen molar-refractivity contribution in [2.45, 2.75) is 26.4 Å². The van der Waals surface area contributed by atoms with Crippen LogP contribution in [0.3, 0.4) is 0 Å². The molecule has 0 amide bonds. The Labute approximate surface area is 75.5 Å². The minimum atomic E-state index is -0.318. The summed E-state index contributed by atoms with van der Waals surface area (Å²) in [6.07, 6.45) is 0. The SMILES string of the molecule is CC(C)(C)OC=O.c1cc2sc1=2. The summed E-state index contributed by atoms with van der Waals surface area (Å²) in [5, 5.41) is 0. The van der Waals surface area contributed by atoms with Crippen LogP contribution in [0.4, 0.5) is 0 Å².